The molecule has 3 aromatic carbocycles. The highest BCUT2D eigenvalue weighted by Crippen LogP contribution is 2.56. The van der Waals surface area contributed by atoms with Gasteiger partial charge in [0.1, 0.15) is 0 Å². The largest absolute Gasteiger partial charge is 0.389 e. The molecule has 0 aliphatic heterocycles. The van der Waals surface area contributed by atoms with Gasteiger partial charge in [0.25, 0.3) is 0 Å². The van der Waals surface area contributed by atoms with E-state index in [0.29, 0.717) is 0 Å². The van der Waals surface area contributed by atoms with Crippen LogP contribution in [0.3, 0.4) is 0 Å². The lowest BCUT2D eigenvalue weighted by Gasteiger charge is -2.45. The Morgan fingerprint density at radius 3 is 1.45 bits per heavy atom. The van der Waals surface area contributed by atoms with Crippen molar-refractivity contribution in [3.05, 3.63) is 91.0 Å². The summed E-state index contributed by atoms with van der Waals surface area (Å²) in [5, 5.41) is 11.3. The molecule has 3 aromatic rings. The molecule has 2 atom stereocenters. The molecule has 3 rings (SSSR count). The summed E-state index contributed by atoms with van der Waals surface area (Å²) in [5.74, 6) is 0.220. The SMILES string of the molecule is CCC(Sc1ccccc1)(Sc1ccccc1)[C@@H](C)[C@H](Sc1ccccc1)C(C)(C)O. The second kappa shape index (κ2) is 11.0. The molecular formula is C27H32OS3. The van der Waals surface area contributed by atoms with Gasteiger partial charge in [-0.15, -0.1) is 35.3 Å². The van der Waals surface area contributed by atoms with Gasteiger partial charge in [0.15, 0.2) is 0 Å². The van der Waals surface area contributed by atoms with Crippen LogP contribution in [0, 0.1) is 5.92 Å². The van der Waals surface area contributed by atoms with Crippen molar-refractivity contribution in [3.8, 4) is 0 Å². The highest BCUT2D eigenvalue weighted by molar-refractivity contribution is 8.18. The molecule has 1 N–H and O–H groups in total. The zero-order valence-electron chi connectivity index (χ0n) is 18.7. The molecule has 0 bridgehead atoms. The standard InChI is InChI=1S/C27H32OS3/c1-5-27(30-23-17-11-7-12-18-23,31-24-19-13-8-14-20-24)21(2)25(26(3,4)28)29-22-15-9-6-10-16-22/h6-21,25,28H,5H2,1-4H3/t21-,25-/m0/s1. The molecule has 0 saturated carbocycles. The number of thioether (sulfide) groups is 3. The van der Waals surface area contributed by atoms with Crippen LogP contribution < -0.4 is 0 Å². The van der Waals surface area contributed by atoms with E-state index in [2.05, 4.69) is 98.8 Å². The number of hydrogen-bond donors (Lipinski definition) is 1. The second-order valence-electron chi connectivity index (χ2n) is 8.29. The minimum atomic E-state index is -0.825. The van der Waals surface area contributed by atoms with E-state index in [0.717, 1.165) is 6.42 Å². The minimum Gasteiger partial charge on any atom is -0.389 e. The maximum Gasteiger partial charge on any atom is 0.0739 e. The number of hydrogen-bond acceptors (Lipinski definition) is 4. The zero-order chi connectivity index (χ0) is 22.3. The molecule has 0 radical (unpaired) electrons. The first-order valence-corrected chi connectivity index (χ1v) is 13.3. The molecule has 0 saturated heterocycles. The molecule has 0 aliphatic carbocycles. The Morgan fingerprint density at radius 1 is 0.710 bits per heavy atom. The van der Waals surface area contributed by atoms with E-state index in [1.165, 1.54) is 14.7 Å². The van der Waals surface area contributed by atoms with Crippen LogP contribution >= 0.6 is 35.3 Å². The summed E-state index contributed by atoms with van der Waals surface area (Å²) < 4.78 is -0.130. The third-order valence-electron chi connectivity index (χ3n) is 5.41. The van der Waals surface area contributed by atoms with E-state index in [-0.39, 0.29) is 15.2 Å². The number of benzene rings is 3. The molecule has 31 heavy (non-hydrogen) atoms. The van der Waals surface area contributed by atoms with Crippen LogP contribution in [0.5, 0.6) is 0 Å². The molecule has 0 spiro atoms. The summed E-state index contributed by atoms with van der Waals surface area (Å²) in [7, 11) is 0. The lowest BCUT2D eigenvalue weighted by molar-refractivity contribution is 0.0607. The Labute approximate surface area is 200 Å². The molecule has 0 unspecified atom stereocenters. The van der Waals surface area contributed by atoms with Gasteiger partial charge in [0.2, 0.25) is 0 Å². The van der Waals surface area contributed by atoms with E-state index in [4.69, 9.17) is 0 Å². The summed E-state index contributed by atoms with van der Waals surface area (Å²) in [6.45, 7) is 8.49. The minimum absolute atomic E-state index is 0.0299. The fraction of sp³-hybridized carbons (Fsp3) is 0.333. The van der Waals surface area contributed by atoms with Gasteiger partial charge in [0.05, 0.1) is 9.68 Å². The van der Waals surface area contributed by atoms with E-state index in [1.54, 1.807) is 11.8 Å². The Balaban J connectivity index is 2.01. The van der Waals surface area contributed by atoms with Crippen molar-refractivity contribution >= 4 is 35.3 Å². The summed E-state index contributed by atoms with van der Waals surface area (Å²) >= 11 is 5.66. The molecule has 4 heteroatoms. The summed E-state index contributed by atoms with van der Waals surface area (Å²) in [6.07, 6.45) is 0.981. The smallest absolute Gasteiger partial charge is 0.0739 e. The summed E-state index contributed by atoms with van der Waals surface area (Å²) in [6, 6.07) is 31.8. The van der Waals surface area contributed by atoms with E-state index >= 15 is 0 Å². The molecule has 1 nitrogen and oxygen atoms in total. The maximum absolute atomic E-state index is 11.3. The van der Waals surface area contributed by atoms with Crippen molar-refractivity contribution in [2.45, 2.75) is 63.7 Å². The van der Waals surface area contributed by atoms with Crippen molar-refractivity contribution in [2.75, 3.05) is 0 Å². The van der Waals surface area contributed by atoms with Gasteiger partial charge in [0, 0.05) is 19.9 Å². The highest BCUT2D eigenvalue weighted by atomic mass is 32.2. The Morgan fingerprint density at radius 2 is 1.10 bits per heavy atom. The molecule has 0 amide bonds. The average Bonchev–Trinajstić information content (AvgIpc) is 2.78. The molecule has 0 aliphatic rings. The molecule has 0 fully saturated rings. The van der Waals surface area contributed by atoms with Gasteiger partial charge in [-0.1, -0.05) is 68.4 Å². The van der Waals surface area contributed by atoms with Crippen LogP contribution in [0.2, 0.25) is 0 Å². The van der Waals surface area contributed by atoms with Gasteiger partial charge in [-0.05, 0) is 62.6 Å². The van der Waals surface area contributed by atoms with Crippen molar-refractivity contribution in [1.29, 1.82) is 0 Å². The van der Waals surface area contributed by atoms with Crippen LogP contribution in [0.4, 0.5) is 0 Å². The first-order valence-electron chi connectivity index (χ1n) is 10.8. The Kier molecular flexibility index (Phi) is 8.63. The van der Waals surface area contributed by atoms with Crippen LogP contribution in [0.25, 0.3) is 0 Å². The third kappa shape index (κ3) is 6.58. The van der Waals surface area contributed by atoms with Gasteiger partial charge in [-0.25, -0.2) is 0 Å². The first kappa shape index (κ1) is 24.3. The second-order valence-corrected chi connectivity index (χ2v) is 12.6. The van der Waals surface area contributed by atoms with E-state index in [9.17, 15) is 5.11 Å². The predicted octanol–water partition coefficient (Wildman–Crippen LogP) is 8.25. The maximum atomic E-state index is 11.3. The van der Waals surface area contributed by atoms with Crippen molar-refractivity contribution in [3.63, 3.8) is 0 Å². The molecule has 164 valence electrons. The van der Waals surface area contributed by atoms with Gasteiger partial charge >= 0.3 is 0 Å². The van der Waals surface area contributed by atoms with Crippen molar-refractivity contribution in [2.24, 2.45) is 5.92 Å². The van der Waals surface area contributed by atoms with Gasteiger partial charge < -0.3 is 5.11 Å². The van der Waals surface area contributed by atoms with E-state index in [1.807, 2.05) is 43.4 Å². The van der Waals surface area contributed by atoms with Crippen LogP contribution in [-0.2, 0) is 0 Å². The topological polar surface area (TPSA) is 20.2 Å². The average molecular weight is 469 g/mol. The van der Waals surface area contributed by atoms with Crippen molar-refractivity contribution in [1.82, 2.24) is 0 Å². The van der Waals surface area contributed by atoms with E-state index < -0.39 is 5.60 Å². The Bertz CT molecular complexity index is 866. The lowest BCUT2D eigenvalue weighted by atomic mass is 9.90. The number of aliphatic hydroxyl groups is 1. The fourth-order valence-corrected chi connectivity index (χ4v) is 8.35. The fourth-order valence-electron chi connectivity index (χ4n) is 3.78. The normalized spacial score (nSPS) is 14.2. The van der Waals surface area contributed by atoms with Gasteiger partial charge in [-0.2, -0.15) is 0 Å². The van der Waals surface area contributed by atoms with Crippen LogP contribution in [0.15, 0.2) is 106 Å². The zero-order valence-corrected chi connectivity index (χ0v) is 21.1. The Hall–Kier alpha value is -1.33. The first-order chi connectivity index (χ1) is 14.8. The molecule has 0 aromatic heterocycles. The van der Waals surface area contributed by atoms with Crippen LogP contribution in [0.1, 0.15) is 34.1 Å². The highest BCUT2D eigenvalue weighted by Gasteiger charge is 2.46. The molecule has 0 heterocycles. The number of rotatable bonds is 10. The predicted molar refractivity (Wildman–Crippen MR) is 139 cm³/mol. The lowest BCUT2D eigenvalue weighted by Crippen LogP contribution is -2.46. The third-order valence-corrected chi connectivity index (χ3v) is 10.7. The summed E-state index contributed by atoms with van der Waals surface area (Å²) in [5.41, 5.74) is -0.825. The van der Waals surface area contributed by atoms with Crippen LogP contribution in [-0.4, -0.2) is 20.0 Å². The quantitative estimate of drug-likeness (QED) is 0.239. The monoisotopic (exact) mass is 468 g/mol. The van der Waals surface area contributed by atoms with Crippen molar-refractivity contribution < 1.29 is 5.11 Å². The molecular weight excluding hydrogens is 436 g/mol. The van der Waals surface area contributed by atoms with Gasteiger partial charge in [-0.3, -0.25) is 0 Å². The summed E-state index contributed by atoms with van der Waals surface area (Å²) in [4.78, 5) is 3.72.